The van der Waals surface area contributed by atoms with Crippen molar-refractivity contribution >= 4 is 11.6 Å². The van der Waals surface area contributed by atoms with Crippen LogP contribution in [0.2, 0.25) is 5.02 Å². The fourth-order valence-electron chi connectivity index (χ4n) is 2.13. The number of hydrogen-bond acceptors (Lipinski definition) is 2. The fraction of sp³-hybridized carbons (Fsp3) is 0.294. The van der Waals surface area contributed by atoms with Gasteiger partial charge in [-0.05, 0) is 44.0 Å². The lowest BCUT2D eigenvalue weighted by molar-refractivity contribution is 0.243. The van der Waals surface area contributed by atoms with E-state index in [1.165, 1.54) is 0 Å². The van der Waals surface area contributed by atoms with Gasteiger partial charge in [-0.25, -0.2) is 0 Å². The summed E-state index contributed by atoms with van der Waals surface area (Å²) < 4.78 is 5.85. The minimum atomic E-state index is -0.0706. The van der Waals surface area contributed by atoms with Crippen molar-refractivity contribution in [2.24, 2.45) is 5.73 Å². The van der Waals surface area contributed by atoms with Gasteiger partial charge in [0.15, 0.2) is 0 Å². The van der Waals surface area contributed by atoms with E-state index in [1.807, 2.05) is 63.2 Å². The molecule has 0 heterocycles. The van der Waals surface area contributed by atoms with Gasteiger partial charge in [0.05, 0.1) is 6.10 Å². The van der Waals surface area contributed by atoms with Gasteiger partial charge < -0.3 is 10.5 Å². The lowest BCUT2D eigenvalue weighted by Crippen LogP contribution is -2.07. The Kier molecular flexibility index (Phi) is 4.69. The molecule has 0 saturated carbocycles. The number of ether oxygens (including phenoxy) is 1. The van der Waals surface area contributed by atoms with Crippen molar-refractivity contribution in [3.8, 4) is 16.9 Å². The van der Waals surface area contributed by atoms with Crippen LogP contribution in [0, 0.1) is 0 Å². The number of para-hydroxylation sites is 1. The second-order valence-corrected chi connectivity index (χ2v) is 5.59. The van der Waals surface area contributed by atoms with Crippen LogP contribution < -0.4 is 10.5 Å². The predicted molar refractivity (Wildman–Crippen MR) is 85.3 cm³/mol. The third kappa shape index (κ3) is 3.33. The van der Waals surface area contributed by atoms with Crippen LogP contribution >= 0.6 is 11.6 Å². The zero-order valence-electron chi connectivity index (χ0n) is 12.1. The van der Waals surface area contributed by atoms with Crippen LogP contribution in [0.3, 0.4) is 0 Å². The molecule has 1 atom stereocenters. The summed E-state index contributed by atoms with van der Waals surface area (Å²) in [7, 11) is 0. The molecule has 106 valence electrons. The molecule has 0 aliphatic carbocycles. The number of halogens is 1. The predicted octanol–water partition coefficient (Wildman–Crippen LogP) is 4.81. The lowest BCUT2D eigenvalue weighted by Gasteiger charge is -2.15. The van der Waals surface area contributed by atoms with Crippen molar-refractivity contribution < 1.29 is 4.74 Å². The Morgan fingerprint density at radius 3 is 2.35 bits per heavy atom. The van der Waals surface area contributed by atoms with Gasteiger partial charge in [-0.15, -0.1) is 0 Å². The number of nitrogens with two attached hydrogens (primary N) is 1. The van der Waals surface area contributed by atoms with E-state index in [4.69, 9.17) is 22.1 Å². The van der Waals surface area contributed by atoms with E-state index >= 15 is 0 Å². The second kappa shape index (κ2) is 6.29. The normalized spacial score (nSPS) is 12.5. The topological polar surface area (TPSA) is 35.2 Å². The maximum atomic E-state index is 6.31. The molecule has 1 unspecified atom stereocenters. The Hall–Kier alpha value is -1.51. The summed E-state index contributed by atoms with van der Waals surface area (Å²) in [6.07, 6.45) is 0.134. The molecule has 2 aromatic carbocycles. The standard InChI is InChI=1S/C17H20ClNO/c1-11(2)20-17-7-5-4-6-15(17)13-8-9-14(12(3)19)16(18)10-13/h4-12H,19H2,1-3H3. The largest absolute Gasteiger partial charge is 0.490 e. The molecule has 20 heavy (non-hydrogen) atoms. The van der Waals surface area contributed by atoms with Crippen molar-refractivity contribution in [3.63, 3.8) is 0 Å². The van der Waals surface area contributed by atoms with Gasteiger partial charge in [0, 0.05) is 16.6 Å². The molecule has 0 bridgehead atoms. The minimum Gasteiger partial charge on any atom is -0.490 e. The van der Waals surface area contributed by atoms with E-state index in [0.29, 0.717) is 5.02 Å². The highest BCUT2D eigenvalue weighted by atomic mass is 35.5. The highest BCUT2D eigenvalue weighted by Crippen LogP contribution is 2.34. The van der Waals surface area contributed by atoms with Crippen molar-refractivity contribution in [1.29, 1.82) is 0 Å². The van der Waals surface area contributed by atoms with E-state index in [1.54, 1.807) is 0 Å². The molecule has 0 fully saturated rings. The van der Waals surface area contributed by atoms with Crippen LogP contribution in [0.1, 0.15) is 32.4 Å². The molecule has 0 spiro atoms. The zero-order chi connectivity index (χ0) is 14.7. The molecule has 0 radical (unpaired) electrons. The Morgan fingerprint density at radius 2 is 1.75 bits per heavy atom. The maximum Gasteiger partial charge on any atom is 0.127 e. The van der Waals surface area contributed by atoms with Crippen LogP contribution in [0.5, 0.6) is 5.75 Å². The van der Waals surface area contributed by atoms with Gasteiger partial charge >= 0.3 is 0 Å². The first-order chi connectivity index (χ1) is 9.49. The molecule has 2 nitrogen and oxygen atoms in total. The van der Waals surface area contributed by atoms with E-state index in [-0.39, 0.29) is 12.1 Å². The molecule has 0 aromatic heterocycles. The molecule has 0 aliphatic heterocycles. The highest BCUT2D eigenvalue weighted by molar-refractivity contribution is 6.31. The SMILES string of the molecule is CC(C)Oc1ccccc1-c1ccc(C(C)N)c(Cl)c1. The molecule has 0 saturated heterocycles. The first-order valence-corrected chi connectivity index (χ1v) is 7.18. The summed E-state index contributed by atoms with van der Waals surface area (Å²) in [6.45, 7) is 5.96. The van der Waals surface area contributed by atoms with Gasteiger partial charge in [0.1, 0.15) is 5.75 Å². The van der Waals surface area contributed by atoms with Crippen molar-refractivity contribution in [2.45, 2.75) is 32.9 Å². The molecule has 0 aliphatic rings. The van der Waals surface area contributed by atoms with Crippen molar-refractivity contribution in [1.82, 2.24) is 0 Å². The minimum absolute atomic E-state index is 0.0706. The third-order valence-electron chi connectivity index (χ3n) is 3.05. The smallest absolute Gasteiger partial charge is 0.127 e. The van der Waals surface area contributed by atoms with E-state index in [9.17, 15) is 0 Å². The fourth-order valence-corrected chi connectivity index (χ4v) is 2.48. The summed E-state index contributed by atoms with van der Waals surface area (Å²) in [5.74, 6) is 0.868. The molecule has 2 N–H and O–H groups in total. The average Bonchev–Trinajstić information content (AvgIpc) is 2.38. The summed E-state index contributed by atoms with van der Waals surface area (Å²) in [5.41, 5.74) is 8.92. The van der Waals surface area contributed by atoms with Gasteiger partial charge in [-0.1, -0.05) is 41.9 Å². The van der Waals surface area contributed by atoms with Gasteiger partial charge in [0.25, 0.3) is 0 Å². The maximum absolute atomic E-state index is 6.31. The lowest BCUT2D eigenvalue weighted by atomic mass is 10.0. The van der Waals surface area contributed by atoms with Crippen LogP contribution in [-0.4, -0.2) is 6.10 Å². The first kappa shape index (κ1) is 14.9. The van der Waals surface area contributed by atoms with Crippen LogP contribution in [0.25, 0.3) is 11.1 Å². The monoisotopic (exact) mass is 289 g/mol. The molecule has 3 heteroatoms. The van der Waals surface area contributed by atoms with Crippen LogP contribution in [0.15, 0.2) is 42.5 Å². The van der Waals surface area contributed by atoms with E-state index < -0.39 is 0 Å². The molecular formula is C17H20ClNO. The Labute approximate surface area is 125 Å². The van der Waals surface area contributed by atoms with Crippen LogP contribution in [0.4, 0.5) is 0 Å². The summed E-state index contributed by atoms with van der Waals surface area (Å²) in [6, 6.07) is 13.9. The van der Waals surface area contributed by atoms with Gasteiger partial charge in [0.2, 0.25) is 0 Å². The van der Waals surface area contributed by atoms with Crippen molar-refractivity contribution in [2.75, 3.05) is 0 Å². The number of rotatable bonds is 4. The Bertz CT molecular complexity index is 593. The molecule has 0 amide bonds. The van der Waals surface area contributed by atoms with Crippen molar-refractivity contribution in [3.05, 3.63) is 53.1 Å². The third-order valence-corrected chi connectivity index (χ3v) is 3.38. The number of benzene rings is 2. The average molecular weight is 290 g/mol. The molecular weight excluding hydrogens is 270 g/mol. The number of hydrogen-bond donors (Lipinski definition) is 1. The van der Waals surface area contributed by atoms with Gasteiger partial charge in [-0.2, -0.15) is 0 Å². The Balaban J connectivity index is 2.44. The highest BCUT2D eigenvalue weighted by Gasteiger charge is 2.11. The first-order valence-electron chi connectivity index (χ1n) is 6.80. The second-order valence-electron chi connectivity index (χ2n) is 5.19. The zero-order valence-corrected chi connectivity index (χ0v) is 12.8. The van der Waals surface area contributed by atoms with Gasteiger partial charge in [-0.3, -0.25) is 0 Å². The van der Waals surface area contributed by atoms with E-state index in [0.717, 1.165) is 22.4 Å². The molecule has 2 rings (SSSR count). The Morgan fingerprint density at radius 1 is 1.05 bits per heavy atom. The molecule has 2 aromatic rings. The van der Waals surface area contributed by atoms with E-state index in [2.05, 4.69) is 0 Å². The summed E-state index contributed by atoms with van der Waals surface area (Å²) >= 11 is 6.31. The quantitative estimate of drug-likeness (QED) is 0.876. The summed E-state index contributed by atoms with van der Waals surface area (Å²) in [4.78, 5) is 0. The van der Waals surface area contributed by atoms with Crippen LogP contribution in [-0.2, 0) is 0 Å². The summed E-state index contributed by atoms with van der Waals surface area (Å²) in [5, 5.41) is 0.692.